The van der Waals surface area contributed by atoms with Gasteiger partial charge in [-0.25, -0.2) is 0 Å². The van der Waals surface area contributed by atoms with Crippen LogP contribution in [0.5, 0.6) is 11.5 Å². The number of alkyl halides is 6. The van der Waals surface area contributed by atoms with Gasteiger partial charge in [-0.05, 0) is 86.6 Å². The molecular weight excluding hydrogens is 682 g/mol. The summed E-state index contributed by atoms with van der Waals surface area (Å²) >= 11 is 8.81. The molecule has 0 aromatic heterocycles. The molecule has 0 aliphatic carbocycles. The molecule has 0 N–H and O–H groups in total. The quantitative estimate of drug-likeness (QED) is 0.177. The molecule has 0 saturated carbocycles. The maximum atomic E-state index is 12.3. The lowest BCUT2D eigenvalue weighted by atomic mass is 10.1. The molecule has 2 aromatic carbocycles. The second-order valence-electron chi connectivity index (χ2n) is 5.56. The predicted octanol–water partition coefficient (Wildman–Crippen LogP) is 9.10. The molecule has 0 aliphatic rings. The Hall–Kier alpha value is -0.570. The van der Waals surface area contributed by atoms with Crippen LogP contribution in [0.4, 0.5) is 26.3 Å². The highest BCUT2D eigenvalue weighted by Gasteiger charge is 2.32. The maximum absolute atomic E-state index is 12.3. The van der Waals surface area contributed by atoms with E-state index in [1.807, 2.05) is 0 Å². The molecule has 0 aliphatic heterocycles. The van der Waals surface area contributed by atoms with Crippen molar-refractivity contribution in [3.05, 3.63) is 43.2 Å². The average molecular weight is 695 g/mol. The highest BCUT2D eigenvalue weighted by molar-refractivity contribution is 9.11. The van der Waals surface area contributed by atoms with Gasteiger partial charge in [0.05, 0.1) is 33.0 Å². The van der Waals surface area contributed by atoms with Gasteiger partial charge in [-0.3, -0.25) is 4.79 Å². The smallest absolute Gasteiger partial charge is 0.446 e. The maximum Gasteiger partial charge on any atom is 0.446 e. The van der Waals surface area contributed by atoms with Crippen molar-refractivity contribution in [1.82, 2.24) is 0 Å². The van der Waals surface area contributed by atoms with Crippen LogP contribution in [0.3, 0.4) is 0 Å². The van der Waals surface area contributed by atoms with Crippen LogP contribution in [-0.2, 0) is 0 Å². The highest BCUT2D eigenvalue weighted by Crippen LogP contribution is 2.46. The van der Waals surface area contributed by atoms with E-state index in [1.165, 1.54) is 39.3 Å². The van der Waals surface area contributed by atoms with Crippen molar-refractivity contribution < 1.29 is 40.6 Å². The van der Waals surface area contributed by atoms with Gasteiger partial charge in [0.1, 0.15) is 11.5 Å². The van der Waals surface area contributed by atoms with Gasteiger partial charge in [-0.2, -0.15) is 26.3 Å². The Balaban J connectivity index is 0.000000323. The van der Waals surface area contributed by atoms with Gasteiger partial charge in [-0.1, -0.05) is 15.9 Å². The monoisotopic (exact) mass is 692 g/mol. The third-order valence-electron chi connectivity index (χ3n) is 3.25. The summed E-state index contributed by atoms with van der Waals surface area (Å²) < 4.78 is 84.7. The zero-order chi connectivity index (χ0) is 24.9. The van der Waals surface area contributed by atoms with Crippen LogP contribution in [0.25, 0.3) is 0 Å². The molecule has 3 nitrogen and oxygen atoms in total. The molecule has 0 spiro atoms. The Morgan fingerprint density at radius 1 is 0.781 bits per heavy atom. The number of ether oxygens (including phenoxy) is 2. The topological polar surface area (TPSA) is 35.5 Å². The summed E-state index contributed by atoms with van der Waals surface area (Å²) in [5, 5.41) is 0. The molecule has 0 radical (unpaired) electrons. The third kappa shape index (κ3) is 9.74. The number of benzene rings is 2. The van der Waals surface area contributed by atoms with Crippen molar-refractivity contribution in [3.63, 3.8) is 0 Å². The van der Waals surface area contributed by atoms with E-state index in [0.29, 0.717) is 13.4 Å². The van der Waals surface area contributed by atoms with Gasteiger partial charge in [0.15, 0.2) is 5.78 Å². The van der Waals surface area contributed by atoms with E-state index in [-0.39, 0.29) is 56.2 Å². The Kier molecular flexibility index (Phi) is 11.3. The van der Waals surface area contributed by atoms with E-state index in [4.69, 9.17) is 9.47 Å². The van der Waals surface area contributed by atoms with Crippen molar-refractivity contribution in [1.29, 1.82) is 0 Å². The summed E-state index contributed by atoms with van der Waals surface area (Å²) in [4.78, 5) is 11.0. The lowest BCUT2D eigenvalue weighted by Gasteiger charge is -2.13. The molecule has 0 bridgehead atoms. The van der Waals surface area contributed by atoms with Crippen molar-refractivity contribution in [2.75, 3.05) is 14.2 Å². The largest absolute Gasteiger partial charge is 0.494 e. The summed E-state index contributed by atoms with van der Waals surface area (Å²) in [6.07, 6.45) is 0. The molecule has 0 heterocycles. The SMILES string of the molecule is COc1c(Br)cc(Br)cc1SC(F)(F)F.COc1c(Br)cc(C(C)=O)cc1SC(F)(F)F. The van der Waals surface area contributed by atoms with Crippen LogP contribution >= 0.6 is 71.3 Å². The number of halogens is 9. The van der Waals surface area contributed by atoms with E-state index in [2.05, 4.69) is 47.8 Å². The van der Waals surface area contributed by atoms with Gasteiger partial charge in [0, 0.05) is 10.0 Å². The van der Waals surface area contributed by atoms with Crippen molar-refractivity contribution in [2.24, 2.45) is 0 Å². The minimum Gasteiger partial charge on any atom is -0.494 e. The average Bonchev–Trinajstić information content (AvgIpc) is 2.58. The standard InChI is InChI=1S/C10H8BrF3O2S.C8H5Br2F3OS/c1-5(15)6-3-7(11)9(16-2)8(4-6)17-10(12,13)14;1-14-7-5(10)2-4(9)3-6(7)15-8(11,12)13/h3-4H,1-2H3;2-3H,1H3. The second-order valence-corrected chi connectivity index (χ2v) is 10.4. The number of hydrogen-bond acceptors (Lipinski definition) is 5. The number of ketones is 1. The minimum atomic E-state index is -4.43. The van der Waals surface area contributed by atoms with Crippen LogP contribution in [-0.4, -0.2) is 31.0 Å². The van der Waals surface area contributed by atoms with E-state index < -0.39 is 11.0 Å². The van der Waals surface area contributed by atoms with Crippen LogP contribution < -0.4 is 9.47 Å². The summed E-state index contributed by atoms with van der Waals surface area (Å²) in [7, 11) is 2.60. The fourth-order valence-corrected chi connectivity index (χ4v) is 5.97. The molecule has 0 fully saturated rings. The third-order valence-corrected chi connectivity index (χ3v) is 6.40. The number of rotatable bonds is 5. The second kappa shape index (κ2) is 12.2. The summed E-state index contributed by atoms with van der Waals surface area (Å²) in [6.45, 7) is 1.29. The fraction of sp³-hybridized carbons (Fsp3) is 0.278. The van der Waals surface area contributed by atoms with Crippen LogP contribution in [0.2, 0.25) is 0 Å². The van der Waals surface area contributed by atoms with Gasteiger partial charge >= 0.3 is 11.0 Å². The lowest BCUT2D eigenvalue weighted by molar-refractivity contribution is -0.0337. The first kappa shape index (κ1) is 29.5. The Morgan fingerprint density at radius 2 is 1.19 bits per heavy atom. The molecule has 0 saturated heterocycles. The molecule has 14 heteroatoms. The number of hydrogen-bond donors (Lipinski definition) is 0. The van der Waals surface area contributed by atoms with Crippen LogP contribution in [0, 0.1) is 0 Å². The summed E-state index contributed by atoms with van der Waals surface area (Å²) in [5.41, 5.74) is -8.56. The van der Waals surface area contributed by atoms with Crippen molar-refractivity contribution >= 4 is 77.1 Å². The van der Waals surface area contributed by atoms with E-state index >= 15 is 0 Å². The molecule has 0 atom stereocenters. The first-order chi connectivity index (χ1) is 14.6. The van der Waals surface area contributed by atoms with Gasteiger partial charge < -0.3 is 9.47 Å². The van der Waals surface area contributed by atoms with E-state index in [1.54, 1.807) is 6.07 Å². The van der Waals surface area contributed by atoms with Gasteiger partial charge in [0.2, 0.25) is 0 Å². The van der Waals surface area contributed by atoms with Crippen LogP contribution in [0.1, 0.15) is 17.3 Å². The molecule has 2 rings (SSSR count). The summed E-state index contributed by atoms with van der Waals surface area (Å²) in [5.74, 6) is -0.0600. The first-order valence-electron chi connectivity index (χ1n) is 8.01. The minimum absolute atomic E-state index is 0.0197. The zero-order valence-corrected chi connectivity index (χ0v) is 22.6. The zero-order valence-electron chi connectivity index (χ0n) is 16.3. The number of carbonyl (C=O) groups is 1. The van der Waals surface area contributed by atoms with E-state index in [0.717, 1.165) is 0 Å². The molecular formula is C18H13Br3F6O3S2. The number of carbonyl (C=O) groups excluding carboxylic acids is 1. The van der Waals surface area contributed by atoms with Crippen molar-refractivity contribution in [2.45, 2.75) is 27.7 Å². The normalized spacial score (nSPS) is 11.5. The molecule has 178 valence electrons. The fourth-order valence-electron chi connectivity index (χ4n) is 2.11. The number of methoxy groups -OCH3 is 2. The highest BCUT2D eigenvalue weighted by atomic mass is 79.9. The Labute approximate surface area is 213 Å². The van der Waals surface area contributed by atoms with Crippen LogP contribution in [0.15, 0.2) is 47.5 Å². The predicted molar refractivity (Wildman–Crippen MR) is 123 cm³/mol. The summed E-state index contributed by atoms with van der Waals surface area (Å²) in [6, 6.07) is 5.59. The Bertz CT molecular complexity index is 968. The van der Waals surface area contributed by atoms with Crippen molar-refractivity contribution in [3.8, 4) is 11.5 Å². The number of Topliss-reactive ketones (excluding diaryl/α,β-unsaturated/α-hetero) is 1. The first-order valence-corrected chi connectivity index (χ1v) is 12.0. The number of thioether (sulfide) groups is 2. The molecule has 32 heavy (non-hydrogen) atoms. The van der Waals surface area contributed by atoms with E-state index in [9.17, 15) is 31.1 Å². The lowest BCUT2D eigenvalue weighted by Crippen LogP contribution is -2.02. The molecule has 0 amide bonds. The van der Waals surface area contributed by atoms with Gasteiger partial charge in [0.25, 0.3) is 0 Å². The Morgan fingerprint density at radius 3 is 1.56 bits per heavy atom. The molecule has 2 aromatic rings. The molecule has 0 unspecified atom stereocenters. The van der Waals surface area contributed by atoms with Gasteiger partial charge in [-0.15, -0.1) is 0 Å².